The van der Waals surface area contributed by atoms with Crippen LogP contribution in [0.3, 0.4) is 0 Å². The molecule has 0 bridgehead atoms. The van der Waals surface area contributed by atoms with Crippen LogP contribution in [0.1, 0.15) is 11.5 Å². The quantitative estimate of drug-likeness (QED) is 0.594. The number of hydrogen-bond acceptors (Lipinski definition) is 2. The summed E-state index contributed by atoms with van der Waals surface area (Å²) in [5.41, 5.74) is 2.37. The van der Waals surface area contributed by atoms with Crippen LogP contribution in [0.15, 0.2) is 54.6 Å². The van der Waals surface area contributed by atoms with Crippen LogP contribution in [-0.4, -0.2) is 12.2 Å². The van der Waals surface area contributed by atoms with Crippen LogP contribution in [0.25, 0.3) is 0 Å². The molecule has 0 saturated carbocycles. The predicted octanol–water partition coefficient (Wildman–Crippen LogP) is 2.65. The number of anilines is 2. The lowest BCUT2D eigenvalue weighted by Crippen LogP contribution is -2.24. The molecule has 2 aromatic carbocycles. The molecule has 3 rings (SSSR count). The van der Waals surface area contributed by atoms with Crippen molar-refractivity contribution in [2.24, 2.45) is 0 Å². The van der Waals surface area contributed by atoms with E-state index in [1.165, 1.54) is 0 Å². The third-order valence-corrected chi connectivity index (χ3v) is 3.15. The zero-order valence-electron chi connectivity index (χ0n) is 9.61. The highest BCUT2D eigenvalue weighted by Gasteiger charge is 2.37. The van der Waals surface area contributed by atoms with Crippen LogP contribution in [0.4, 0.5) is 11.4 Å². The van der Waals surface area contributed by atoms with Gasteiger partial charge >= 0.3 is 0 Å². The molecule has 2 aromatic rings. The van der Waals surface area contributed by atoms with Gasteiger partial charge in [-0.05, 0) is 23.8 Å². The summed E-state index contributed by atoms with van der Waals surface area (Å²) in [6, 6.07) is 16.8. The third-order valence-electron chi connectivity index (χ3n) is 3.15. The van der Waals surface area contributed by atoms with Crippen molar-refractivity contribution in [3.8, 4) is 0 Å². The summed E-state index contributed by atoms with van der Waals surface area (Å²) < 4.78 is 0. The summed E-state index contributed by atoms with van der Waals surface area (Å²) in [4.78, 5) is 25.0. The molecule has 1 unspecified atom stereocenters. The summed E-state index contributed by atoms with van der Waals surface area (Å²) in [7, 11) is 0. The van der Waals surface area contributed by atoms with E-state index in [4.69, 9.17) is 0 Å². The lowest BCUT2D eigenvalue weighted by Gasteiger charge is -2.17. The molecule has 1 atom stereocenters. The van der Waals surface area contributed by atoms with E-state index in [9.17, 15) is 9.59 Å². The number of carbonyl (C=O) groups excluding carboxylic acids is 2. The van der Waals surface area contributed by atoms with E-state index in [1.54, 1.807) is 4.90 Å². The summed E-state index contributed by atoms with van der Waals surface area (Å²) >= 11 is 0. The zero-order chi connectivity index (χ0) is 12.5. The van der Waals surface area contributed by atoms with Gasteiger partial charge in [-0.2, -0.15) is 0 Å². The number of amides is 1. The minimum atomic E-state index is -0.679. The first-order valence-electron chi connectivity index (χ1n) is 5.76. The van der Waals surface area contributed by atoms with E-state index in [0.717, 1.165) is 16.9 Å². The lowest BCUT2D eigenvalue weighted by atomic mass is 10.0. The fourth-order valence-corrected chi connectivity index (χ4v) is 2.32. The molecule has 0 spiro atoms. The second kappa shape index (κ2) is 4.11. The van der Waals surface area contributed by atoms with Crippen LogP contribution >= 0.6 is 0 Å². The Hall–Kier alpha value is -2.42. The van der Waals surface area contributed by atoms with Crippen molar-refractivity contribution in [3.05, 3.63) is 60.2 Å². The van der Waals surface area contributed by atoms with Gasteiger partial charge in [-0.3, -0.25) is 9.69 Å². The molecule has 0 aromatic heterocycles. The second-order valence-corrected chi connectivity index (χ2v) is 4.18. The number of carbonyl (C=O) groups is 2. The van der Waals surface area contributed by atoms with Crippen molar-refractivity contribution >= 4 is 23.6 Å². The Bertz CT molecular complexity index is 607. The van der Waals surface area contributed by atoms with Gasteiger partial charge in [-0.1, -0.05) is 36.4 Å². The zero-order valence-corrected chi connectivity index (χ0v) is 9.61. The van der Waals surface area contributed by atoms with Crippen molar-refractivity contribution in [2.45, 2.75) is 5.92 Å². The average Bonchev–Trinajstić information content (AvgIpc) is 2.71. The highest BCUT2D eigenvalue weighted by Crippen LogP contribution is 2.40. The summed E-state index contributed by atoms with van der Waals surface area (Å²) in [6.07, 6.45) is 0.712. The highest BCUT2D eigenvalue weighted by atomic mass is 16.2. The Morgan fingerprint density at radius 1 is 0.944 bits per heavy atom. The molecule has 1 amide bonds. The maximum absolute atomic E-state index is 12.3. The molecule has 0 radical (unpaired) electrons. The number of fused-ring (bicyclic) bond motifs is 1. The van der Waals surface area contributed by atoms with Crippen molar-refractivity contribution in [2.75, 3.05) is 4.90 Å². The van der Waals surface area contributed by atoms with E-state index in [2.05, 4.69) is 0 Å². The van der Waals surface area contributed by atoms with Gasteiger partial charge in [0.05, 0.1) is 5.69 Å². The van der Waals surface area contributed by atoms with E-state index in [1.807, 2.05) is 54.6 Å². The average molecular weight is 237 g/mol. The molecule has 1 aliphatic heterocycles. The number of aldehydes is 1. The van der Waals surface area contributed by atoms with Gasteiger partial charge in [-0.15, -0.1) is 0 Å². The van der Waals surface area contributed by atoms with Crippen LogP contribution in [0.2, 0.25) is 0 Å². The third kappa shape index (κ3) is 1.44. The fraction of sp³-hybridized carbons (Fsp3) is 0.0667. The van der Waals surface area contributed by atoms with E-state index >= 15 is 0 Å². The summed E-state index contributed by atoms with van der Waals surface area (Å²) in [6.45, 7) is 0. The van der Waals surface area contributed by atoms with E-state index in [-0.39, 0.29) is 5.91 Å². The largest absolute Gasteiger partial charge is 0.302 e. The number of hydrogen-bond donors (Lipinski definition) is 0. The van der Waals surface area contributed by atoms with Crippen LogP contribution < -0.4 is 4.90 Å². The van der Waals surface area contributed by atoms with Gasteiger partial charge < -0.3 is 4.79 Å². The molecule has 0 N–H and O–H groups in total. The number of nitrogens with zero attached hydrogens (tertiary/aromatic N) is 1. The maximum Gasteiger partial charge on any atom is 0.246 e. The van der Waals surface area contributed by atoms with Gasteiger partial charge in [0.15, 0.2) is 0 Å². The molecule has 0 saturated heterocycles. The SMILES string of the molecule is O=CC1C(=O)N(c2ccccc2)c2ccccc21. The Kier molecular flexibility index (Phi) is 2.45. The van der Waals surface area contributed by atoms with Gasteiger partial charge in [0.1, 0.15) is 12.2 Å². The molecule has 3 heteroatoms. The molecule has 3 nitrogen and oxygen atoms in total. The molecule has 0 fully saturated rings. The molecule has 0 aliphatic carbocycles. The molecule has 88 valence electrons. The van der Waals surface area contributed by atoms with Crippen LogP contribution in [-0.2, 0) is 9.59 Å². The lowest BCUT2D eigenvalue weighted by molar-refractivity contribution is -0.122. The maximum atomic E-state index is 12.3. The van der Waals surface area contributed by atoms with Gasteiger partial charge in [0.2, 0.25) is 5.91 Å². The molecular formula is C15H11NO2. The standard InChI is InChI=1S/C15H11NO2/c17-10-13-12-8-4-5-9-14(12)16(15(13)18)11-6-2-1-3-7-11/h1-10,13H. The Morgan fingerprint density at radius 2 is 1.61 bits per heavy atom. The summed E-state index contributed by atoms with van der Waals surface area (Å²) in [5, 5.41) is 0. The van der Waals surface area contributed by atoms with Gasteiger partial charge in [-0.25, -0.2) is 0 Å². The van der Waals surface area contributed by atoms with Crippen LogP contribution in [0, 0.1) is 0 Å². The molecule has 1 aliphatic rings. The Morgan fingerprint density at radius 3 is 2.33 bits per heavy atom. The van der Waals surface area contributed by atoms with Crippen molar-refractivity contribution in [3.63, 3.8) is 0 Å². The first kappa shape index (κ1) is 10.7. The minimum Gasteiger partial charge on any atom is -0.302 e. The minimum absolute atomic E-state index is 0.183. The van der Waals surface area contributed by atoms with Crippen molar-refractivity contribution in [1.82, 2.24) is 0 Å². The number of para-hydroxylation sites is 2. The Labute approximate surface area is 105 Å². The first-order chi connectivity index (χ1) is 8.83. The molecular weight excluding hydrogens is 226 g/mol. The van der Waals surface area contributed by atoms with Crippen LogP contribution in [0.5, 0.6) is 0 Å². The number of rotatable bonds is 2. The second-order valence-electron chi connectivity index (χ2n) is 4.18. The van der Waals surface area contributed by atoms with Crippen molar-refractivity contribution in [1.29, 1.82) is 0 Å². The predicted molar refractivity (Wildman–Crippen MR) is 68.8 cm³/mol. The molecule has 18 heavy (non-hydrogen) atoms. The normalized spacial score (nSPS) is 17.7. The number of benzene rings is 2. The van der Waals surface area contributed by atoms with Gasteiger partial charge in [0, 0.05) is 5.69 Å². The smallest absolute Gasteiger partial charge is 0.246 e. The molecule has 1 heterocycles. The van der Waals surface area contributed by atoms with E-state index < -0.39 is 5.92 Å². The highest BCUT2D eigenvalue weighted by molar-refractivity contribution is 6.16. The van der Waals surface area contributed by atoms with Crippen molar-refractivity contribution < 1.29 is 9.59 Å². The monoisotopic (exact) mass is 237 g/mol. The van der Waals surface area contributed by atoms with Gasteiger partial charge in [0.25, 0.3) is 0 Å². The Balaban J connectivity index is 2.17. The summed E-state index contributed by atoms with van der Waals surface area (Å²) in [5.74, 6) is -0.862. The topological polar surface area (TPSA) is 37.4 Å². The van der Waals surface area contributed by atoms with E-state index in [0.29, 0.717) is 6.29 Å². The first-order valence-corrected chi connectivity index (χ1v) is 5.76. The fourth-order valence-electron chi connectivity index (χ4n) is 2.32.